The van der Waals surface area contributed by atoms with Crippen LogP contribution >= 0.6 is 0 Å². The fourth-order valence-electron chi connectivity index (χ4n) is 3.71. The van der Waals surface area contributed by atoms with E-state index in [-0.39, 0.29) is 12.1 Å². The quantitative estimate of drug-likeness (QED) is 0.0541. The van der Waals surface area contributed by atoms with Gasteiger partial charge in [-0.05, 0) is 26.2 Å². The highest BCUT2D eigenvalue weighted by molar-refractivity contribution is 6.58. The molecule has 0 radical (unpaired) electrons. The molecule has 1 atom stereocenters. The maximum atomic E-state index is 12.2. The Morgan fingerprint density at radius 2 is 1.07 bits per heavy atom. The summed E-state index contributed by atoms with van der Waals surface area (Å²) in [4.78, 5) is 11.1. The molecule has 1 unspecified atom stereocenters. The van der Waals surface area contributed by atoms with E-state index in [2.05, 4.69) is 6.58 Å². The topological polar surface area (TPSA) is 26.3 Å². The van der Waals surface area contributed by atoms with Gasteiger partial charge in [0.25, 0.3) is 0 Å². The van der Waals surface area contributed by atoms with Gasteiger partial charge in [-0.25, -0.2) is 17.1 Å². The van der Waals surface area contributed by atoms with Crippen LogP contribution in [0.25, 0.3) is 0 Å². The Labute approximate surface area is 184 Å². The van der Waals surface area contributed by atoms with Gasteiger partial charge in [0.2, 0.25) is 0 Å². The van der Waals surface area contributed by atoms with Crippen LogP contribution < -0.4 is 0 Å². The molecule has 0 aliphatic rings. The fraction of sp³-hybridized carbons (Fsp3) is 0.875. The van der Waals surface area contributed by atoms with Crippen LogP contribution in [0.1, 0.15) is 122 Å². The zero-order chi connectivity index (χ0) is 22.5. The lowest BCUT2D eigenvalue weighted by Crippen LogP contribution is -2.13. The highest BCUT2D eigenvalue weighted by Crippen LogP contribution is 2.20. The van der Waals surface area contributed by atoms with Gasteiger partial charge in [-0.3, -0.25) is 0 Å². The zero-order valence-corrected chi connectivity index (χ0v) is 20.2. The molecule has 0 aromatic rings. The van der Waals surface area contributed by atoms with E-state index in [0.717, 1.165) is 32.1 Å². The van der Waals surface area contributed by atoms with Crippen LogP contribution in [0, 0.1) is 0 Å². The molecule has 30 heavy (non-hydrogen) atoms. The first-order valence-corrected chi connectivity index (χ1v) is 14.1. The van der Waals surface area contributed by atoms with Gasteiger partial charge < -0.3 is 4.74 Å². The van der Waals surface area contributed by atoms with E-state index in [0.29, 0.717) is 6.42 Å². The largest absolute Gasteiger partial charge is 0.616 e. The summed E-state index contributed by atoms with van der Waals surface area (Å²) in [6.45, 7) is 5.34. The Bertz CT molecular complexity index is 414. The van der Waals surface area contributed by atoms with Gasteiger partial charge in [0.05, 0.1) is 6.10 Å². The van der Waals surface area contributed by atoms with E-state index in [1.165, 1.54) is 83.1 Å². The number of rotatable bonds is 22. The lowest BCUT2D eigenvalue weighted by molar-refractivity contribution is -0.142. The number of unbranched alkanes of at least 4 members (excludes halogenated alkanes) is 16. The van der Waals surface area contributed by atoms with E-state index in [4.69, 9.17) is 4.74 Å². The third kappa shape index (κ3) is 23.5. The molecule has 0 aromatic heterocycles. The predicted molar refractivity (Wildman–Crippen MR) is 123 cm³/mol. The van der Waals surface area contributed by atoms with Crippen LogP contribution in [-0.2, 0) is 9.53 Å². The first-order chi connectivity index (χ1) is 14.3. The Hall–Kier alpha value is -0.783. The summed E-state index contributed by atoms with van der Waals surface area (Å²) in [5, 5.41) is 0. The SMILES string of the molecule is C=CC(=O)OC(C)CCCCCCCCCCCCCCCCCCC[Si](F)(F)F. The van der Waals surface area contributed by atoms with E-state index in [1.54, 1.807) is 0 Å². The van der Waals surface area contributed by atoms with Crippen molar-refractivity contribution in [3.8, 4) is 0 Å². The molecule has 0 bridgehead atoms. The molecule has 0 amide bonds. The van der Waals surface area contributed by atoms with Gasteiger partial charge in [-0.15, -0.1) is 0 Å². The van der Waals surface area contributed by atoms with Crippen LogP contribution in [0.3, 0.4) is 0 Å². The van der Waals surface area contributed by atoms with Crippen molar-refractivity contribution in [2.24, 2.45) is 0 Å². The maximum absolute atomic E-state index is 12.2. The van der Waals surface area contributed by atoms with Gasteiger partial charge in [0, 0.05) is 12.1 Å². The molecule has 0 aromatic carbocycles. The molecule has 0 heterocycles. The lowest BCUT2D eigenvalue weighted by Gasteiger charge is -2.11. The predicted octanol–water partition coefficient (Wildman–Crippen LogP) is 8.97. The number of halogens is 3. The number of esters is 1. The summed E-state index contributed by atoms with van der Waals surface area (Å²) in [6, 6.07) is -0.485. The van der Waals surface area contributed by atoms with E-state index in [1.807, 2.05) is 6.92 Å². The average Bonchev–Trinajstić information content (AvgIpc) is 2.68. The molecule has 178 valence electrons. The lowest BCUT2D eigenvalue weighted by atomic mass is 10.0. The second-order valence-electron chi connectivity index (χ2n) is 8.62. The molecule has 0 aliphatic carbocycles. The zero-order valence-electron chi connectivity index (χ0n) is 19.2. The summed E-state index contributed by atoms with van der Waals surface area (Å²) in [5.74, 6) is -0.332. The van der Waals surface area contributed by atoms with Crippen molar-refractivity contribution < 1.29 is 21.9 Å². The van der Waals surface area contributed by atoms with Crippen LogP contribution in [0.5, 0.6) is 0 Å². The third-order valence-electron chi connectivity index (χ3n) is 5.55. The van der Waals surface area contributed by atoms with Crippen LogP contribution in [-0.4, -0.2) is 21.1 Å². The number of carbonyl (C=O) groups is 1. The molecule has 0 fully saturated rings. The summed E-state index contributed by atoms with van der Waals surface area (Å²) < 4.78 is 41.6. The van der Waals surface area contributed by atoms with Crippen molar-refractivity contribution in [2.45, 2.75) is 135 Å². The molecule has 0 rings (SSSR count). The van der Waals surface area contributed by atoms with Crippen LogP contribution in [0.2, 0.25) is 6.04 Å². The van der Waals surface area contributed by atoms with Crippen molar-refractivity contribution in [2.75, 3.05) is 0 Å². The van der Waals surface area contributed by atoms with Gasteiger partial charge in [-0.2, -0.15) is 0 Å². The standard InChI is InChI=1S/C24H45F3O2Si/c1-3-24(28)29-23(2)21-19-17-15-13-11-9-7-5-4-6-8-10-12-14-16-18-20-22-30(25,26)27/h3,23H,1,4-22H2,2H3. The number of hydrogen-bond acceptors (Lipinski definition) is 2. The van der Waals surface area contributed by atoms with Crippen molar-refractivity contribution in [3.05, 3.63) is 12.7 Å². The number of ether oxygens (including phenoxy) is 1. The van der Waals surface area contributed by atoms with Gasteiger partial charge >= 0.3 is 15.0 Å². The molecule has 0 saturated heterocycles. The summed E-state index contributed by atoms with van der Waals surface area (Å²) in [6.07, 6.45) is 21.8. The molecule has 2 nitrogen and oxygen atoms in total. The van der Waals surface area contributed by atoms with Crippen LogP contribution in [0.4, 0.5) is 12.3 Å². The number of hydrogen-bond donors (Lipinski definition) is 0. The minimum absolute atomic E-state index is 0.0138. The minimum Gasteiger partial charge on any atom is -0.460 e. The molecule has 0 spiro atoms. The average molecular weight is 451 g/mol. The van der Waals surface area contributed by atoms with E-state index in [9.17, 15) is 17.1 Å². The number of carbonyl (C=O) groups excluding carboxylic acids is 1. The highest BCUT2D eigenvalue weighted by atomic mass is 28.5. The van der Waals surface area contributed by atoms with E-state index >= 15 is 0 Å². The Balaban J connectivity index is 3.15. The van der Waals surface area contributed by atoms with Gasteiger partial charge in [-0.1, -0.05) is 103 Å². The molecular weight excluding hydrogens is 405 g/mol. The smallest absolute Gasteiger partial charge is 0.460 e. The van der Waals surface area contributed by atoms with Crippen molar-refractivity contribution >= 4 is 15.0 Å². The van der Waals surface area contributed by atoms with E-state index < -0.39 is 15.1 Å². The first kappa shape index (κ1) is 29.2. The molecular formula is C24H45F3O2Si. The summed E-state index contributed by atoms with van der Waals surface area (Å²) in [5.41, 5.74) is 0. The monoisotopic (exact) mass is 450 g/mol. The Kier molecular flexibility index (Phi) is 19.6. The Morgan fingerprint density at radius 1 is 0.733 bits per heavy atom. The van der Waals surface area contributed by atoms with Crippen LogP contribution in [0.15, 0.2) is 12.7 Å². The van der Waals surface area contributed by atoms with Crippen molar-refractivity contribution in [1.82, 2.24) is 0 Å². The highest BCUT2D eigenvalue weighted by Gasteiger charge is 2.35. The molecule has 0 saturated carbocycles. The Morgan fingerprint density at radius 3 is 1.40 bits per heavy atom. The molecule has 6 heteroatoms. The molecule has 0 N–H and O–H groups in total. The second kappa shape index (κ2) is 20.1. The van der Waals surface area contributed by atoms with Crippen molar-refractivity contribution in [3.63, 3.8) is 0 Å². The maximum Gasteiger partial charge on any atom is 0.616 e. The molecule has 0 aliphatic heterocycles. The first-order valence-electron chi connectivity index (χ1n) is 12.2. The summed E-state index contributed by atoms with van der Waals surface area (Å²) in [7, 11) is -5.29. The minimum atomic E-state index is -5.29. The fourth-order valence-corrected chi connectivity index (χ4v) is 4.37. The van der Waals surface area contributed by atoms with Crippen molar-refractivity contribution in [1.29, 1.82) is 0 Å². The third-order valence-corrected chi connectivity index (χ3v) is 6.48. The van der Waals surface area contributed by atoms with Gasteiger partial charge in [0.15, 0.2) is 0 Å². The van der Waals surface area contributed by atoms with Gasteiger partial charge in [0.1, 0.15) is 0 Å². The normalized spacial score (nSPS) is 12.7. The summed E-state index contributed by atoms with van der Waals surface area (Å²) >= 11 is 0. The second-order valence-corrected chi connectivity index (χ2v) is 10.3.